The van der Waals surface area contributed by atoms with E-state index in [-0.39, 0.29) is 11.1 Å². The van der Waals surface area contributed by atoms with Crippen LogP contribution in [0, 0.1) is 25.7 Å². The Labute approximate surface area is 162 Å². The Morgan fingerprint density at radius 2 is 2.11 bits per heavy atom. The standard InChI is InChI=1S/C19H21ClN6O/c1-11-8-23-14(12(2)16(11)27-4)10-26-9-13(6-5-7-22-3)15-17(20)24-19(21)25-18(15)26/h8-9,22H,7,10H2,1-4H3,(H2,21,24,25). The molecule has 0 unspecified atom stereocenters. The minimum atomic E-state index is 0.118. The van der Waals surface area contributed by atoms with Gasteiger partial charge in [0.2, 0.25) is 5.95 Å². The van der Waals surface area contributed by atoms with E-state index < -0.39 is 0 Å². The molecule has 3 heterocycles. The van der Waals surface area contributed by atoms with Crippen molar-refractivity contribution in [2.24, 2.45) is 0 Å². The van der Waals surface area contributed by atoms with Crippen LogP contribution in [0.5, 0.6) is 5.75 Å². The van der Waals surface area contributed by atoms with Gasteiger partial charge in [-0.2, -0.15) is 4.98 Å². The lowest BCUT2D eigenvalue weighted by Crippen LogP contribution is -2.07. The van der Waals surface area contributed by atoms with E-state index in [4.69, 9.17) is 22.1 Å². The van der Waals surface area contributed by atoms with Gasteiger partial charge in [-0.3, -0.25) is 4.98 Å². The number of fused-ring (bicyclic) bond motifs is 1. The smallest absolute Gasteiger partial charge is 0.223 e. The molecule has 27 heavy (non-hydrogen) atoms. The molecule has 0 saturated heterocycles. The highest BCUT2D eigenvalue weighted by atomic mass is 35.5. The summed E-state index contributed by atoms with van der Waals surface area (Å²) in [5, 5.41) is 3.97. The maximum atomic E-state index is 6.33. The van der Waals surface area contributed by atoms with E-state index >= 15 is 0 Å². The fourth-order valence-electron chi connectivity index (χ4n) is 2.99. The van der Waals surface area contributed by atoms with E-state index in [1.165, 1.54) is 0 Å². The molecule has 0 aliphatic heterocycles. The van der Waals surface area contributed by atoms with Gasteiger partial charge in [-0.05, 0) is 20.9 Å². The summed E-state index contributed by atoms with van der Waals surface area (Å²) in [5.41, 5.74) is 10.0. The summed E-state index contributed by atoms with van der Waals surface area (Å²) in [6, 6.07) is 0. The number of aromatic nitrogens is 4. The van der Waals surface area contributed by atoms with Crippen molar-refractivity contribution in [1.82, 2.24) is 24.8 Å². The summed E-state index contributed by atoms with van der Waals surface area (Å²) in [6.07, 6.45) is 3.71. The lowest BCUT2D eigenvalue weighted by atomic mass is 10.1. The summed E-state index contributed by atoms with van der Waals surface area (Å²) in [5.74, 6) is 7.11. The van der Waals surface area contributed by atoms with Gasteiger partial charge < -0.3 is 20.4 Å². The van der Waals surface area contributed by atoms with Crippen LogP contribution in [0.1, 0.15) is 22.4 Å². The van der Waals surface area contributed by atoms with Gasteiger partial charge >= 0.3 is 0 Å². The van der Waals surface area contributed by atoms with Crippen molar-refractivity contribution in [3.05, 3.63) is 39.9 Å². The number of nitrogen functional groups attached to an aromatic ring is 1. The van der Waals surface area contributed by atoms with Crippen molar-refractivity contribution in [3.8, 4) is 17.6 Å². The zero-order valence-corrected chi connectivity index (χ0v) is 16.5. The molecule has 3 N–H and O–H groups in total. The van der Waals surface area contributed by atoms with E-state index in [1.807, 2.05) is 31.7 Å². The quantitative estimate of drug-likeness (QED) is 0.530. The summed E-state index contributed by atoms with van der Waals surface area (Å²) >= 11 is 6.33. The molecule has 0 aliphatic carbocycles. The maximum Gasteiger partial charge on any atom is 0.223 e. The zero-order valence-electron chi connectivity index (χ0n) is 15.7. The first-order valence-corrected chi connectivity index (χ1v) is 8.78. The lowest BCUT2D eigenvalue weighted by molar-refractivity contribution is 0.406. The third-order valence-corrected chi connectivity index (χ3v) is 4.52. The third-order valence-electron chi connectivity index (χ3n) is 4.25. The van der Waals surface area contributed by atoms with Crippen LogP contribution in [0.2, 0.25) is 5.15 Å². The number of halogens is 1. The van der Waals surface area contributed by atoms with Gasteiger partial charge in [0.15, 0.2) is 0 Å². The van der Waals surface area contributed by atoms with Crippen molar-refractivity contribution >= 4 is 28.6 Å². The Morgan fingerprint density at radius 3 is 2.81 bits per heavy atom. The number of ether oxygens (including phenoxy) is 1. The topological polar surface area (TPSA) is 90.9 Å². The van der Waals surface area contributed by atoms with E-state index in [0.717, 1.165) is 28.1 Å². The molecule has 0 radical (unpaired) electrons. The Kier molecular flexibility index (Phi) is 5.49. The molecule has 0 bridgehead atoms. The summed E-state index contributed by atoms with van der Waals surface area (Å²) in [6.45, 7) is 5.01. The molecular formula is C19H21ClN6O. The minimum Gasteiger partial charge on any atom is -0.496 e. The maximum absolute atomic E-state index is 6.33. The number of hydrogen-bond acceptors (Lipinski definition) is 6. The average molecular weight is 385 g/mol. The molecule has 0 fully saturated rings. The molecule has 140 valence electrons. The van der Waals surface area contributed by atoms with Crippen LogP contribution in [0.3, 0.4) is 0 Å². The first-order valence-electron chi connectivity index (χ1n) is 8.40. The molecule has 3 aromatic rings. The first kappa shape index (κ1) is 19.0. The second-order valence-electron chi connectivity index (χ2n) is 6.12. The van der Waals surface area contributed by atoms with Gasteiger partial charge in [0.05, 0.1) is 36.8 Å². The monoisotopic (exact) mass is 384 g/mol. The van der Waals surface area contributed by atoms with Gasteiger partial charge in [-0.1, -0.05) is 23.4 Å². The predicted molar refractivity (Wildman–Crippen MR) is 107 cm³/mol. The minimum absolute atomic E-state index is 0.118. The average Bonchev–Trinajstić information content (AvgIpc) is 2.96. The van der Waals surface area contributed by atoms with Gasteiger partial charge in [0.1, 0.15) is 16.5 Å². The second kappa shape index (κ2) is 7.82. The summed E-state index contributed by atoms with van der Waals surface area (Å²) in [4.78, 5) is 13.0. The predicted octanol–water partition coefficient (Wildman–Crippen LogP) is 2.31. The fourth-order valence-corrected chi connectivity index (χ4v) is 3.27. The van der Waals surface area contributed by atoms with Crippen LogP contribution in [0.15, 0.2) is 12.4 Å². The van der Waals surface area contributed by atoms with Crippen LogP contribution in [-0.4, -0.2) is 40.2 Å². The van der Waals surface area contributed by atoms with E-state index in [9.17, 15) is 0 Å². The van der Waals surface area contributed by atoms with Crippen LogP contribution in [0.4, 0.5) is 5.95 Å². The molecule has 0 amide bonds. The number of nitrogens with zero attached hydrogens (tertiary/aromatic N) is 4. The molecule has 8 heteroatoms. The number of aryl methyl sites for hydroxylation is 1. The van der Waals surface area contributed by atoms with E-state index in [1.54, 1.807) is 13.3 Å². The van der Waals surface area contributed by atoms with Gasteiger partial charge in [-0.15, -0.1) is 0 Å². The SMILES string of the molecule is CNCC#Cc1cn(Cc2ncc(C)c(OC)c2C)c2nc(N)nc(Cl)c12. The number of nitrogens with one attached hydrogen (secondary N) is 1. The van der Waals surface area contributed by atoms with Gasteiger partial charge in [-0.25, -0.2) is 4.98 Å². The molecule has 7 nitrogen and oxygen atoms in total. The van der Waals surface area contributed by atoms with Gasteiger partial charge in [0, 0.05) is 23.5 Å². The van der Waals surface area contributed by atoms with Crippen LogP contribution >= 0.6 is 11.6 Å². The van der Waals surface area contributed by atoms with Crippen molar-refractivity contribution < 1.29 is 4.74 Å². The lowest BCUT2D eigenvalue weighted by Gasteiger charge is -2.13. The Bertz CT molecular complexity index is 1060. The second-order valence-corrected chi connectivity index (χ2v) is 6.48. The molecule has 0 spiro atoms. The van der Waals surface area contributed by atoms with E-state index in [2.05, 4.69) is 32.1 Å². The summed E-state index contributed by atoms with van der Waals surface area (Å²) in [7, 11) is 3.50. The van der Waals surface area contributed by atoms with Crippen LogP contribution in [-0.2, 0) is 6.54 Å². The Hall–Kier alpha value is -2.82. The molecule has 0 aliphatic rings. The number of nitrogens with two attached hydrogens (primary N) is 1. The van der Waals surface area contributed by atoms with Crippen molar-refractivity contribution in [2.75, 3.05) is 26.4 Å². The first-order chi connectivity index (χ1) is 13.0. The van der Waals surface area contributed by atoms with Crippen LogP contribution in [0.25, 0.3) is 11.0 Å². The van der Waals surface area contributed by atoms with Crippen molar-refractivity contribution in [3.63, 3.8) is 0 Å². The number of methoxy groups -OCH3 is 1. The highest BCUT2D eigenvalue weighted by Crippen LogP contribution is 2.29. The zero-order chi connectivity index (χ0) is 19.6. The highest BCUT2D eigenvalue weighted by molar-refractivity contribution is 6.34. The highest BCUT2D eigenvalue weighted by Gasteiger charge is 2.17. The largest absolute Gasteiger partial charge is 0.496 e. The number of pyridine rings is 1. The molecular weight excluding hydrogens is 364 g/mol. The van der Waals surface area contributed by atoms with Crippen molar-refractivity contribution in [2.45, 2.75) is 20.4 Å². The summed E-state index contributed by atoms with van der Waals surface area (Å²) < 4.78 is 7.44. The molecule has 0 saturated carbocycles. The van der Waals surface area contributed by atoms with Gasteiger partial charge in [0.25, 0.3) is 0 Å². The number of hydrogen-bond donors (Lipinski definition) is 2. The molecule has 0 atom stereocenters. The molecule has 3 rings (SSSR count). The Balaban J connectivity index is 2.14. The molecule has 3 aromatic heterocycles. The molecule has 0 aromatic carbocycles. The van der Waals surface area contributed by atoms with E-state index in [0.29, 0.717) is 24.1 Å². The third kappa shape index (κ3) is 3.68. The van der Waals surface area contributed by atoms with Crippen LogP contribution < -0.4 is 15.8 Å². The number of rotatable bonds is 4. The number of anilines is 1. The fraction of sp³-hybridized carbons (Fsp3) is 0.316. The van der Waals surface area contributed by atoms with Crippen molar-refractivity contribution in [1.29, 1.82) is 0 Å². The normalized spacial score (nSPS) is 10.7. The Morgan fingerprint density at radius 1 is 1.33 bits per heavy atom.